The molecule has 112 valence electrons. The van der Waals surface area contributed by atoms with E-state index in [-0.39, 0.29) is 5.97 Å². The summed E-state index contributed by atoms with van der Waals surface area (Å²) in [4.78, 5) is 13.8. The van der Waals surface area contributed by atoms with Crippen molar-refractivity contribution in [1.29, 1.82) is 0 Å². The lowest BCUT2D eigenvalue weighted by atomic mass is 10.1. The number of hydrogen-bond acceptors (Lipinski definition) is 3. The van der Waals surface area contributed by atoms with Gasteiger partial charge in [-0.1, -0.05) is 37.3 Å². The topological polar surface area (TPSA) is 29.5 Å². The van der Waals surface area contributed by atoms with Crippen LogP contribution in [0.3, 0.4) is 0 Å². The lowest BCUT2D eigenvalue weighted by molar-refractivity contribution is -0.143. The third kappa shape index (κ3) is 6.20. The van der Waals surface area contributed by atoms with E-state index in [1.807, 2.05) is 13.0 Å². The van der Waals surface area contributed by atoms with Crippen LogP contribution in [0.4, 0.5) is 0 Å². The molecule has 0 heterocycles. The molecule has 0 radical (unpaired) electrons. The lowest BCUT2D eigenvalue weighted by Crippen LogP contribution is -2.35. The minimum absolute atomic E-state index is 0.0840. The highest BCUT2D eigenvalue weighted by Gasteiger charge is 2.13. The minimum Gasteiger partial charge on any atom is -0.466 e. The smallest absolute Gasteiger partial charge is 0.305 e. The van der Waals surface area contributed by atoms with Crippen LogP contribution >= 0.6 is 0 Å². The van der Waals surface area contributed by atoms with Crippen LogP contribution in [-0.2, 0) is 16.0 Å². The molecule has 3 nitrogen and oxygen atoms in total. The van der Waals surface area contributed by atoms with E-state index in [2.05, 4.69) is 43.0 Å². The van der Waals surface area contributed by atoms with Crippen molar-refractivity contribution in [2.45, 2.75) is 46.1 Å². The molecule has 0 saturated carbocycles. The van der Waals surface area contributed by atoms with Crippen molar-refractivity contribution in [3.63, 3.8) is 0 Å². The van der Waals surface area contributed by atoms with Crippen LogP contribution in [0.5, 0.6) is 0 Å². The Morgan fingerprint density at radius 1 is 1.25 bits per heavy atom. The molecule has 0 amide bonds. The van der Waals surface area contributed by atoms with Crippen LogP contribution in [0, 0.1) is 0 Å². The van der Waals surface area contributed by atoms with E-state index >= 15 is 0 Å². The molecule has 0 aliphatic heterocycles. The van der Waals surface area contributed by atoms with Gasteiger partial charge in [0, 0.05) is 12.5 Å². The standard InChI is InChI=1S/C17H27NO2/c1-4-18(13-9-12-17(19)20-5-2)15(3)14-16-10-7-6-8-11-16/h6-8,10-11,15H,4-5,9,12-14H2,1-3H3. The van der Waals surface area contributed by atoms with E-state index in [1.54, 1.807) is 0 Å². The molecule has 1 rings (SSSR count). The molecule has 0 aliphatic carbocycles. The van der Waals surface area contributed by atoms with E-state index in [0.717, 1.165) is 25.9 Å². The first-order chi connectivity index (χ1) is 9.67. The first-order valence-electron chi connectivity index (χ1n) is 7.61. The number of hydrogen-bond donors (Lipinski definition) is 0. The van der Waals surface area contributed by atoms with Crippen LogP contribution in [0.15, 0.2) is 30.3 Å². The molecule has 20 heavy (non-hydrogen) atoms. The van der Waals surface area contributed by atoms with E-state index in [9.17, 15) is 4.79 Å². The van der Waals surface area contributed by atoms with Crippen molar-refractivity contribution in [2.24, 2.45) is 0 Å². The summed E-state index contributed by atoms with van der Waals surface area (Å²) in [7, 11) is 0. The van der Waals surface area contributed by atoms with Crippen LogP contribution in [0.2, 0.25) is 0 Å². The van der Waals surface area contributed by atoms with Gasteiger partial charge in [0.05, 0.1) is 6.61 Å². The zero-order valence-electron chi connectivity index (χ0n) is 13.0. The van der Waals surface area contributed by atoms with Gasteiger partial charge in [-0.2, -0.15) is 0 Å². The summed E-state index contributed by atoms with van der Waals surface area (Å²) in [6.45, 7) is 8.70. The maximum absolute atomic E-state index is 11.3. The molecule has 0 bridgehead atoms. The molecule has 1 aromatic carbocycles. The fraction of sp³-hybridized carbons (Fsp3) is 0.588. The Morgan fingerprint density at radius 2 is 1.95 bits per heavy atom. The molecule has 1 aromatic rings. The molecular formula is C17H27NO2. The lowest BCUT2D eigenvalue weighted by Gasteiger charge is -2.27. The van der Waals surface area contributed by atoms with Crippen molar-refractivity contribution in [1.82, 2.24) is 4.90 Å². The zero-order chi connectivity index (χ0) is 14.8. The van der Waals surface area contributed by atoms with Crippen LogP contribution < -0.4 is 0 Å². The molecule has 0 fully saturated rings. The van der Waals surface area contributed by atoms with E-state index in [4.69, 9.17) is 4.74 Å². The summed E-state index contributed by atoms with van der Waals surface area (Å²) in [6, 6.07) is 11.0. The fourth-order valence-electron chi connectivity index (χ4n) is 2.43. The van der Waals surface area contributed by atoms with Gasteiger partial charge in [0.25, 0.3) is 0 Å². The second-order valence-corrected chi connectivity index (χ2v) is 5.08. The number of carbonyl (C=O) groups is 1. The van der Waals surface area contributed by atoms with Crippen molar-refractivity contribution >= 4 is 5.97 Å². The van der Waals surface area contributed by atoms with Gasteiger partial charge in [-0.15, -0.1) is 0 Å². The van der Waals surface area contributed by atoms with Crippen molar-refractivity contribution < 1.29 is 9.53 Å². The second kappa shape index (κ2) is 9.54. The number of carbonyl (C=O) groups excluding carboxylic acids is 1. The van der Waals surface area contributed by atoms with Gasteiger partial charge < -0.3 is 9.64 Å². The molecule has 3 heteroatoms. The SMILES string of the molecule is CCOC(=O)CCCN(CC)C(C)Cc1ccccc1. The third-order valence-electron chi connectivity index (χ3n) is 3.54. The van der Waals surface area contributed by atoms with Gasteiger partial charge in [-0.25, -0.2) is 0 Å². The molecule has 0 N–H and O–H groups in total. The summed E-state index contributed by atoms with van der Waals surface area (Å²) in [5.41, 5.74) is 1.36. The van der Waals surface area contributed by atoms with E-state index in [1.165, 1.54) is 5.56 Å². The monoisotopic (exact) mass is 277 g/mol. The van der Waals surface area contributed by atoms with Crippen LogP contribution in [0.1, 0.15) is 39.2 Å². The van der Waals surface area contributed by atoms with Gasteiger partial charge in [-0.05, 0) is 45.3 Å². The average Bonchev–Trinajstić information content (AvgIpc) is 2.45. The summed E-state index contributed by atoms with van der Waals surface area (Å²) in [5, 5.41) is 0. The zero-order valence-corrected chi connectivity index (χ0v) is 13.0. The Balaban J connectivity index is 2.35. The van der Waals surface area contributed by atoms with Crippen molar-refractivity contribution in [3.8, 4) is 0 Å². The first kappa shape index (κ1) is 16.7. The largest absolute Gasteiger partial charge is 0.466 e. The highest BCUT2D eigenvalue weighted by molar-refractivity contribution is 5.69. The van der Waals surface area contributed by atoms with Gasteiger partial charge >= 0.3 is 5.97 Å². The van der Waals surface area contributed by atoms with Gasteiger partial charge in [-0.3, -0.25) is 4.79 Å². The fourth-order valence-corrected chi connectivity index (χ4v) is 2.43. The van der Waals surface area contributed by atoms with Crippen LogP contribution in [-0.4, -0.2) is 36.6 Å². The predicted octanol–water partition coefficient (Wildman–Crippen LogP) is 3.28. The van der Waals surface area contributed by atoms with Gasteiger partial charge in [0.15, 0.2) is 0 Å². The number of nitrogens with zero attached hydrogens (tertiary/aromatic N) is 1. The molecule has 0 saturated heterocycles. The summed E-state index contributed by atoms with van der Waals surface area (Å²) in [5.74, 6) is -0.0840. The maximum atomic E-state index is 11.3. The van der Waals surface area contributed by atoms with Crippen molar-refractivity contribution in [2.75, 3.05) is 19.7 Å². The number of esters is 1. The Morgan fingerprint density at radius 3 is 2.55 bits per heavy atom. The Bertz CT molecular complexity index is 378. The Kier molecular flexibility index (Phi) is 7.97. The summed E-state index contributed by atoms with van der Waals surface area (Å²) < 4.78 is 4.96. The van der Waals surface area contributed by atoms with Crippen molar-refractivity contribution in [3.05, 3.63) is 35.9 Å². The summed E-state index contributed by atoms with van der Waals surface area (Å²) >= 11 is 0. The van der Waals surface area contributed by atoms with E-state index < -0.39 is 0 Å². The Labute approximate surface area is 122 Å². The number of rotatable bonds is 9. The second-order valence-electron chi connectivity index (χ2n) is 5.08. The third-order valence-corrected chi connectivity index (χ3v) is 3.54. The van der Waals surface area contributed by atoms with Crippen LogP contribution in [0.25, 0.3) is 0 Å². The minimum atomic E-state index is -0.0840. The highest BCUT2D eigenvalue weighted by Crippen LogP contribution is 2.10. The molecule has 0 aliphatic rings. The number of ether oxygens (including phenoxy) is 1. The first-order valence-corrected chi connectivity index (χ1v) is 7.61. The maximum Gasteiger partial charge on any atom is 0.305 e. The average molecular weight is 277 g/mol. The summed E-state index contributed by atoms with van der Waals surface area (Å²) in [6.07, 6.45) is 2.43. The Hall–Kier alpha value is -1.35. The van der Waals surface area contributed by atoms with Gasteiger partial charge in [0.2, 0.25) is 0 Å². The number of likely N-dealkylation sites (N-methyl/N-ethyl adjacent to an activating group) is 1. The molecule has 1 atom stereocenters. The molecule has 0 spiro atoms. The molecule has 1 unspecified atom stereocenters. The highest BCUT2D eigenvalue weighted by atomic mass is 16.5. The van der Waals surface area contributed by atoms with Gasteiger partial charge in [0.1, 0.15) is 0 Å². The quantitative estimate of drug-likeness (QED) is 0.649. The normalized spacial score (nSPS) is 12.4. The van der Waals surface area contributed by atoms with E-state index in [0.29, 0.717) is 19.1 Å². The molecule has 0 aromatic heterocycles. The predicted molar refractivity (Wildman–Crippen MR) is 82.7 cm³/mol. The number of benzene rings is 1. The molecular weight excluding hydrogens is 250 g/mol.